The van der Waals surface area contributed by atoms with Crippen LogP contribution in [0.5, 0.6) is 5.95 Å². The molecule has 2 heterocycles. The van der Waals surface area contributed by atoms with E-state index in [1.807, 2.05) is 0 Å². The van der Waals surface area contributed by atoms with Crippen molar-refractivity contribution in [2.24, 2.45) is 0 Å². The smallest absolute Gasteiger partial charge is 0.315 e. The summed E-state index contributed by atoms with van der Waals surface area (Å²) >= 11 is 0. The molecule has 0 aliphatic carbocycles. The predicted molar refractivity (Wildman–Crippen MR) is 38.5 cm³/mol. The molecule has 4 heteroatoms. The van der Waals surface area contributed by atoms with Crippen molar-refractivity contribution in [3.63, 3.8) is 0 Å². The lowest BCUT2D eigenvalue weighted by molar-refractivity contribution is 0.257. The largest absolute Gasteiger partial charge is 0.467 e. The van der Waals surface area contributed by atoms with Gasteiger partial charge in [-0.3, -0.25) is 0 Å². The lowest BCUT2D eigenvalue weighted by atomic mass is 10.1. The van der Waals surface area contributed by atoms with Gasteiger partial charge < -0.3 is 14.6 Å². The third-order valence-electron chi connectivity index (χ3n) is 1.86. The van der Waals surface area contributed by atoms with Crippen molar-refractivity contribution in [3.05, 3.63) is 11.3 Å². The minimum atomic E-state index is 0.548. The first-order valence-corrected chi connectivity index (χ1v) is 3.64. The van der Waals surface area contributed by atoms with Gasteiger partial charge in [0, 0.05) is 19.5 Å². The minimum Gasteiger partial charge on any atom is -0.467 e. The molecule has 0 aromatic carbocycles. The van der Waals surface area contributed by atoms with Gasteiger partial charge in [-0.25, -0.2) is 0 Å². The summed E-state index contributed by atoms with van der Waals surface area (Å²) in [4.78, 5) is 0. The Labute approximate surface area is 64.5 Å². The Kier molecular flexibility index (Phi) is 1.54. The van der Waals surface area contributed by atoms with Crippen LogP contribution in [0.1, 0.15) is 11.3 Å². The molecule has 0 amide bonds. The second-order valence-corrected chi connectivity index (χ2v) is 2.53. The van der Waals surface area contributed by atoms with Gasteiger partial charge >= 0.3 is 5.95 Å². The fraction of sp³-hybridized carbons (Fsp3) is 0.571. The summed E-state index contributed by atoms with van der Waals surface area (Å²) in [6, 6.07) is 0. The van der Waals surface area contributed by atoms with E-state index in [2.05, 4.69) is 10.5 Å². The van der Waals surface area contributed by atoms with Gasteiger partial charge in [-0.15, -0.1) is 0 Å². The molecule has 11 heavy (non-hydrogen) atoms. The van der Waals surface area contributed by atoms with Crippen molar-refractivity contribution in [1.82, 2.24) is 10.5 Å². The third-order valence-corrected chi connectivity index (χ3v) is 1.86. The molecule has 1 N–H and O–H groups in total. The molecule has 2 rings (SSSR count). The van der Waals surface area contributed by atoms with Gasteiger partial charge in [0.15, 0.2) is 0 Å². The van der Waals surface area contributed by atoms with Crippen molar-refractivity contribution in [1.29, 1.82) is 0 Å². The van der Waals surface area contributed by atoms with Crippen LogP contribution < -0.4 is 10.1 Å². The molecule has 1 aliphatic heterocycles. The number of aromatic nitrogens is 1. The second-order valence-electron chi connectivity index (χ2n) is 2.53. The maximum atomic E-state index is 4.98. The zero-order chi connectivity index (χ0) is 7.68. The molecule has 0 unspecified atom stereocenters. The molecular weight excluding hydrogens is 144 g/mol. The zero-order valence-electron chi connectivity index (χ0n) is 6.39. The second kappa shape index (κ2) is 2.54. The van der Waals surface area contributed by atoms with Crippen LogP contribution in [0, 0.1) is 0 Å². The molecule has 1 aliphatic rings. The summed E-state index contributed by atoms with van der Waals surface area (Å²) in [5.41, 5.74) is 2.10. The van der Waals surface area contributed by atoms with E-state index in [1.54, 1.807) is 7.11 Å². The van der Waals surface area contributed by atoms with Crippen LogP contribution in [-0.4, -0.2) is 18.8 Å². The van der Waals surface area contributed by atoms with E-state index in [1.165, 1.54) is 0 Å². The zero-order valence-corrected chi connectivity index (χ0v) is 6.39. The van der Waals surface area contributed by atoms with Crippen LogP contribution in [-0.2, 0) is 13.0 Å². The first-order chi connectivity index (χ1) is 5.42. The Bertz CT molecular complexity index is 243. The highest BCUT2D eigenvalue weighted by Crippen LogP contribution is 2.23. The highest BCUT2D eigenvalue weighted by molar-refractivity contribution is 5.29. The lowest BCUT2D eigenvalue weighted by Gasteiger charge is -2.09. The van der Waals surface area contributed by atoms with Gasteiger partial charge in [0.1, 0.15) is 0 Å². The highest BCUT2D eigenvalue weighted by Gasteiger charge is 2.18. The molecular formula is C7H10N2O2. The van der Waals surface area contributed by atoms with Gasteiger partial charge in [0.25, 0.3) is 0 Å². The van der Waals surface area contributed by atoms with E-state index in [4.69, 9.17) is 9.26 Å². The number of hydrogen-bond acceptors (Lipinski definition) is 4. The van der Waals surface area contributed by atoms with Gasteiger partial charge in [-0.2, -0.15) is 0 Å². The highest BCUT2D eigenvalue weighted by atomic mass is 16.6. The van der Waals surface area contributed by atoms with E-state index in [-0.39, 0.29) is 0 Å². The number of fused-ring (bicyclic) bond motifs is 1. The Hall–Kier alpha value is -1.03. The number of rotatable bonds is 1. The van der Waals surface area contributed by atoms with E-state index < -0.39 is 0 Å². The average Bonchev–Trinajstić information content (AvgIpc) is 2.47. The van der Waals surface area contributed by atoms with Gasteiger partial charge in [-0.1, -0.05) is 5.16 Å². The van der Waals surface area contributed by atoms with E-state index in [9.17, 15) is 0 Å². The fourth-order valence-electron chi connectivity index (χ4n) is 1.28. The number of hydrogen-bond donors (Lipinski definition) is 1. The Morgan fingerprint density at radius 3 is 3.36 bits per heavy atom. The third kappa shape index (κ3) is 0.991. The average molecular weight is 154 g/mol. The molecule has 0 saturated heterocycles. The van der Waals surface area contributed by atoms with E-state index >= 15 is 0 Å². The molecule has 0 radical (unpaired) electrons. The molecule has 0 spiro atoms. The number of nitrogens with zero attached hydrogens (tertiary/aromatic N) is 1. The minimum absolute atomic E-state index is 0.548. The van der Waals surface area contributed by atoms with Crippen LogP contribution in [0.25, 0.3) is 0 Å². The molecule has 0 fully saturated rings. The van der Waals surface area contributed by atoms with Gasteiger partial charge in [0.05, 0.1) is 18.4 Å². The van der Waals surface area contributed by atoms with Gasteiger partial charge in [0.2, 0.25) is 0 Å². The molecule has 1 aromatic heterocycles. The summed E-state index contributed by atoms with van der Waals surface area (Å²) < 4.78 is 9.94. The Morgan fingerprint density at radius 2 is 2.55 bits per heavy atom. The van der Waals surface area contributed by atoms with Crippen molar-refractivity contribution in [3.8, 4) is 5.95 Å². The lowest BCUT2D eigenvalue weighted by Crippen LogP contribution is -2.23. The van der Waals surface area contributed by atoms with Crippen LogP contribution in [0.15, 0.2) is 4.52 Å². The first kappa shape index (κ1) is 6.67. The molecule has 0 saturated carbocycles. The van der Waals surface area contributed by atoms with Gasteiger partial charge in [-0.05, 0) is 0 Å². The maximum absolute atomic E-state index is 4.98. The number of methoxy groups -OCH3 is 1. The van der Waals surface area contributed by atoms with Crippen LogP contribution in [0.2, 0.25) is 0 Å². The standard InChI is InChI=1S/C7H10N2O2/c1-10-7-5-4-8-3-2-6(5)9-11-7/h8H,2-4H2,1H3. The first-order valence-electron chi connectivity index (χ1n) is 3.64. The van der Waals surface area contributed by atoms with Crippen molar-refractivity contribution < 1.29 is 9.26 Å². The predicted octanol–water partition coefficient (Wildman–Crippen LogP) is 0.329. The topological polar surface area (TPSA) is 47.3 Å². The summed E-state index contributed by atoms with van der Waals surface area (Å²) in [5.74, 6) is 0.548. The fourth-order valence-corrected chi connectivity index (χ4v) is 1.28. The van der Waals surface area contributed by atoms with Crippen LogP contribution in [0.4, 0.5) is 0 Å². The number of nitrogens with one attached hydrogen (secondary N) is 1. The Morgan fingerprint density at radius 1 is 1.64 bits per heavy atom. The summed E-state index contributed by atoms with van der Waals surface area (Å²) in [6.45, 7) is 1.78. The summed E-state index contributed by atoms with van der Waals surface area (Å²) in [5, 5.41) is 7.11. The van der Waals surface area contributed by atoms with Crippen LogP contribution in [0.3, 0.4) is 0 Å². The van der Waals surface area contributed by atoms with E-state index in [0.717, 1.165) is 30.8 Å². The monoisotopic (exact) mass is 154 g/mol. The van der Waals surface area contributed by atoms with E-state index in [0.29, 0.717) is 5.95 Å². The summed E-state index contributed by atoms with van der Waals surface area (Å²) in [7, 11) is 1.59. The SMILES string of the molecule is COc1onc2c1CNCC2. The van der Waals surface area contributed by atoms with Crippen molar-refractivity contribution in [2.45, 2.75) is 13.0 Å². The molecule has 1 aromatic rings. The normalized spacial score (nSPS) is 16.1. The number of ether oxygens (including phenoxy) is 1. The molecule has 60 valence electrons. The summed E-state index contributed by atoms with van der Waals surface area (Å²) in [6.07, 6.45) is 0.933. The quantitative estimate of drug-likeness (QED) is 0.633. The molecule has 0 atom stereocenters. The van der Waals surface area contributed by atoms with Crippen molar-refractivity contribution in [2.75, 3.05) is 13.7 Å². The van der Waals surface area contributed by atoms with Crippen LogP contribution >= 0.6 is 0 Å². The molecule has 0 bridgehead atoms. The molecule has 4 nitrogen and oxygen atoms in total. The maximum Gasteiger partial charge on any atom is 0.315 e. The Balaban J connectivity index is 2.38. The van der Waals surface area contributed by atoms with Crippen molar-refractivity contribution >= 4 is 0 Å².